The van der Waals surface area contributed by atoms with Crippen molar-refractivity contribution in [2.45, 2.75) is 25.8 Å². The molecule has 3 aromatic rings. The zero-order valence-corrected chi connectivity index (χ0v) is 16.5. The van der Waals surface area contributed by atoms with E-state index in [9.17, 15) is 9.59 Å². The Morgan fingerprint density at radius 3 is 2.37 bits per heavy atom. The molecule has 0 bridgehead atoms. The number of pyridine rings is 1. The van der Waals surface area contributed by atoms with E-state index >= 15 is 0 Å². The minimum absolute atomic E-state index is 0.0130. The molecule has 1 aromatic heterocycles. The lowest BCUT2D eigenvalue weighted by molar-refractivity contribution is 0.0933. The third-order valence-corrected chi connectivity index (χ3v) is 4.99. The van der Waals surface area contributed by atoms with Gasteiger partial charge in [0, 0.05) is 17.8 Å². The zero-order valence-electron chi connectivity index (χ0n) is 16.5. The quantitative estimate of drug-likeness (QED) is 0.514. The number of aromatic nitrogens is 1. The first kappa shape index (κ1) is 19.4. The van der Waals surface area contributed by atoms with Gasteiger partial charge in [0.2, 0.25) is 0 Å². The van der Waals surface area contributed by atoms with Gasteiger partial charge in [0.05, 0.1) is 5.69 Å². The van der Waals surface area contributed by atoms with Crippen molar-refractivity contribution in [3.8, 4) is 0 Å². The summed E-state index contributed by atoms with van der Waals surface area (Å²) in [5, 5.41) is 17.5. The Hall–Kier alpha value is -3.87. The number of carbonyl (C=O) groups is 2. The van der Waals surface area contributed by atoms with E-state index in [2.05, 4.69) is 33.1 Å². The van der Waals surface area contributed by atoms with E-state index in [1.54, 1.807) is 6.07 Å². The number of nitrogens with zero attached hydrogens (tertiary/aromatic N) is 1. The lowest BCUT2D eigenvalue weighted by Gasteiger charge is -2.14. The fourth-order valence-electron chi connectivity index (χ4n) is 3.70. The first-order valence-electron chi connectivity index (χ1n) is 9.69. The van der Waals surface area contributed by atoms with Gasteiger partial charge in [0.25, 0.3) is 5.91 Å². The molecule has 0 radical (unpaired) electrons. The number of anilines is 3. The minimum Gasteiger partial charge on any atom is -0.465 e. The van der Waals surface area contributed by atoms with Crippen LogP contribution in [0.3, 0.4) is 0 Å². The fourth-order valence-corrected chi connectivity index (χ4v) is 3.70. The van der Waals surface area contributed by atoms with Crippen LogP contribution in [0.2, 0.25) is 0 Å². The molecule has 0 saturated carbocycles. The van der Waals surface area contributed by atoms with Crippen molar-refractivity contribution in [3.63, 3.8) is 0 Å². The molecule has 0 unspecified atom stereocenters. The number of fused-ring (bicyclic) bond motifs is 1. The van der Waals surface area contributed by atoms with Crippen LogP contribution in [0.1, 0.15) is 27.2 Å². The van der Waals surface area contributed by atoms with Crippen LogP contribution < -0.4 is 16.0 Å². The Balaban J connectivity index is 1.55. The number of amides is 2. The Morgan fingerprint density at radius 2 is 1.70 bits per heavy atom. The van der Waals surface area contributed by atoms with Crippen molar-refractivity contribution in [1.82, 2.24) is 10.3 Å². The van der Waals surface area contributed by atoms with Crippen LogP contribution in [0.4, 0.5) is 22.0 Å². The van der Waals surface area contributed by atoms with Gasteiger partial charge in [-0.25, -0.2) is 9.78 Å². The number of hydrogen-bond donors (Lipinski definition) is 4. The number of nitrogens with one attached hydrogen (secondary N) is 3. The molecule has 0 spiro atoms. The Bertz CT molecular complexity index is 1090. The van der Waals surface area contributed by atoms with Gasteiger partial charge in [-0.3, -0.25) is 10.1 Å². The van der Waals surface area contributed by atoms with Crippen molar-refractivity contribution >= 4 is 29.2 Å². The molecule has 1 aliphatic carbocycles. The zero-order chi connectivity index (χ0) is 21.1. The summed E-state index contributed by atoms with van der Waals surface area (Å²) < 4.78 is 0. The number of rotatable bonds is 5. The third kappa shape index (κ3) is 4.57. The second kappa shape index (κ2) is 8.24. The third-order valence-electron chi connectivity index (χ3n) is 4.99. The molecule has 30 heavy (non-hydrogen) atoms. The van der Waals surface area contributed by atoms with Crippen molar-refractivity contribution < 1.29 is 14.7 Å². The molecule has 4 N–H and O–H groups in total. The summed E-state index contributed by atoms with van der Waals surface area (Å²) in [5.41, 5.74) is 4.75. The summed E-state index contributed by atoms with van der Waals surface area (Å²) in [6, 6.07) is 18.8. The van der Waals surface area contributed by atoms with Crippen molar-refractivity contribution in [2.75, 3.05) is 10.6 Å². The molecule has 0 atom stereocenters. The first-order chi connectivity index (χ1) is 14.5. The molecule has 7 heteroatoms. The van der Waals surface area contributed by atoms with E-state index in [0.717, 1.165) is 24.1 Å². The van der Waals surface area contributed by atoms with Gasteiger partial charge in [-0.05, 0) is 54.7 Å². The number of hydrogen-bond acceptors (Lipinski definition) is 4. The van der Waals surface area contributed by atoms with Crippen LogP contribution in [-0.2, 0) is 12.8 Å². The molecule has 1 aliphatic rings. The molecule has 152 valence electrons. The van der Waals surface area contributed by atoms with Crippen LogP contribution in [0.25, 0.3) is 0 Å². The summed E-state index contributed by atoms with van der Waals surface area (Å²) in [6.07, 6.45) is 0.326. The standard InChI is InChI=1S/C23H22N4O3/c1-14-5-4-8-17(9-14)24-21-13-19(26-23(29)30)12-20(27-21)22(28)25-18-10-15-6-2-3-7-16(15)11-18/h2-9,12-13,18H,10-11H2,1H3,(H,25,28)(H,29,30)(H2,24,26,27). The predicted octanol–water partition coefficient (Wildman–Crippen LogP) is 4.12. The molecular weight excluding hydrogens is 380 g/mol. The molecule has 2 amide bonds. The van der Waals surface area contributed by atoms with Crippen LogP contribution in [0.5, 0.6) is 0 Å². The maximum absolute atomic E-state index is 12.9. The summed E-state index contributed by atoms with van der Waals surface area (Å²) >= 11 is 0. The fraction of sp³-hybridized carbons (Fsp3) is 0.174. The molecule has 0 fully saturated rings. The van der Waals surface area contributed by atoms with Gasteiger partial charge in [-0.2, -0.15) is 0 Å². The van der Waals surface area contributed by atoms with E-state index in [1.807, 2.05) is 43.3 Å². The average Bonchev–Trinajstić information content (AvgIpc) is 3.09. The summed E-state index contributed by atoms with van der Waals surface area (Å²) in [4.78, 5) is 28.4. The van der Waals surface area contributed by atoms with Crippen LogP contribution in [0, 0.1) is 6.92 Å². The summed E-state index contributed by atoms with van der Waals surface area (Å²) in [5.74, 6) is 0.0424. The van der Waals surface area contributed by atoms with Crippen molar-refractivity contribution in [3.05, 3.63) is 83.0 Å². The van der Waals surface area contributed by atoms with Gasteiger partial charge in [-0.1, -0.05) is 36.4 Å². The Kier molecular flexibility index (Phi) is 5.34. The van der Waals surface area contributed by atoms with E-state index in [1.165, 1.54) is 17.2 Å². The Labute approximate surface area is 174 Å². The van der Waals surface area contributed by atoms with Gasteiger partial charge in [0.1, 0.15) is 11.5 Å². The van der Waals surface area contributed by atoms with Crippen molar-refractivity contribution in [2.24, 2.45) is 0 Å². The molecule has 2 aromatic carbocycles. The molecule has 7 nitrogen and oxygen atoms in total. The molecule has 1 heterocycles. The van der Waals surface area contributed by atoms with Crippen molar-refractivity contribution in [1.29, 1.82) is 0 Å². The van der Waals surface area contributed by atoms with Gasteiger partial charge < -0.3 is 15.7 Å². The number of aryl methyl sites for hydroxylation is 1. The van der Waals surface area contributed by atoms with Gasteiger partial charge in [-0.15, -0.1) is 0 Å². The second-order valence-corrected chi connectivity index (χ2v) is 7.40. The molecule has 4 rings (SSSR count). The highest BCUT2D eigenvalue weighted by atomic mass is 16.4. The molecule has 0 aliphatic heterocycles. The lowest BCUT2D eigenvalue weighted by Crippen LogP contribution is -2.35. The Morgan fingerprint density at radius 1 is 0.967 bits per heavy atom. The maximum Gasteiger partial charge on any atom is 0.409 e. The summed E-state index contributed by atoms with van der Waals surface area (Å²) in [6.45, 7) is 1.97. The van der Waals surface area contributed by atoms with Crippen LogP contribution in [-0.4, -0.2) is 28.1 Å². The highest BCUT2D eigenvalue weighted by molar-refractivity contribution is 5.95. The number of carboxylic acid groups (broad SMARTS) is 1. The van der Waals surface area contributed by atoms with E-state index in [-0.39, 0.29) is 23.3 Å². The highest BCUT2D eigenvalue weighted by Gasteiger charge is 2.23. The normalized spacial score (nSPS) is 12.8. The largest absolute Gasteiger partial charge is 0.465 e. The highest BCUT2D eigenvalue weighted by Crippen LogP contribution is 2.23. The smallest absolute Gasteiger partial charge is 0.409 e. The SMILES string of the molecule is Cc1cccc(Nc2cc(NC(=O)O)cc(C(=O)NC3Cc4ccccc4C3)n2)c1. The maximum atomic E-state index is 12.9. The number of carbonyl (C=O) groups excluding carboxylic acids is 1. The molecule has 0 saturated heterocycles. The first-order valence-corrected chi connectivity index (χ1v) is 9.69. The predicted molar refractivity (Wildman–Crippen MR) is 115 cm³/mol. The minimum atomic E-state index is -1.21. The lowest BCUT2D eigenvalue weighted by atomic mass is 10.1. The average molecular weight is 402 g/mol. The van der Waals surface area contributed by atoms with E-state index in [4.69, 9.17) is 5.11 Å². The molecular formula is C23H22N4O3. The van der Waals surface area contributed by atoms with E-state index < -0.39 is 6.09 Å². The van der Waals surface area contributed by atoms with Gasteiger partial charge >= 0.3 is 6.09 Å². The number of benzene rings is 2. The monoisotopic (exact) mass is 402 g/mol. The second-order valence-electron chi connectivity index (χ2n) is 7.40. The van der Waals surface area contributed by atoms with Gasteiger partial charge in [0.15, 0.2) is 0 Å². The van der Waals surface area contributed by atoms with Crippen LogP contribution in [0.15, 0.2) is 60.7 Å². The topological polar surface area (TPSA) is 103 Å². The van der Waals surface area contributed by atoms with Crippen LogP contribution >= 0.6 is 0 Å². The van der Waals surface area contributed by atoms with E-state index in [0.29, 0.717) is 5.82 Å². The summed E-state index contributed by atoms with van der Waals surface area (Å²) in [7, 11) is 0.